The van der Waals surface area contributed by atoms with E-state index in [1.807, 2.05) is 0 Å². The molecule has 1 aliphatic rings. The van der Waals surface area contributed by atoms with Gasteiger partial charge in [0.2, 0.25) is 5.91 Å². The van der Waals surface area contributed by atoms with Gasteiger partial charge in [0.15, 0.2) is 5.76 Å². The molecule has 1 aliphatic heterocycles. The molecule has 4 rings (SSSR count). The highest BCUT2D eigenvalue weighted by atomic mass is 19.1. The van der Waals surface area contributed by atoms with Crippen LogP contribution in [0, 0.1) is 11.7 Å². The van der Waals surface area contributed by atoms with Crippen molar-refractivity contribution in [3.63, 3.8) is 0 Å². The Morgan fingerprint density at radius 2 is 1.78 bits per heavy atom. The van der Waals surface area contributed by atoms with Crippen molar-refractivity contribution in [1.82, 2.24) is 4.90 Å². The predicted octanol–water partition coefficient (Wildman–Crippen LogP) is 4.19. The molecule has 0 bridgehead atoms. The van der Waals surface area contributed by atoms with Crippen molar-refractivity contribution in [1.29, 1.82) is 0 Å². The molecule has 2 aromatic carbocycles. The molecule has 8 heteroatoms. The van der Waals surface area contributed by atoms with Gasteiger partial charge in [-0.25, -0.2) is 4.39 Å². The maximum absolute atomic E-state index is 13.0. The number of aromatic hydroxyl groups is 1. The Labute approximate surface area is 184 Å². The monoisotopic (exact) mass is 438 g/mol. The fourth-order valence-corrected chi connectivity index (χ4v) is 3.57. The van der Waals surface area contributed by atoms with Crippen LogP contribution in [0.4, 0.5) is 10.1 Å². The average molecular weight is 438 g/mol. The van der Waals surface area contributed by atoms with Gasteiger partial charge in [-0.1, -0.05) is 12.1 Å². The quantitative estimate of drug-likeness (QED) is 0.563. The number of rotatable bonds is 6. The Hall–Kier alpha value is -3.81. The smallest absolute Gasteiger partial charge is 0.289 e. The first-order chi connectivity index (χ1) is 15.5. The van der Waals surface area contributed by atoms with Crippen molar-refractivity contribution in [2.45, 2.75) is 19.4 Å². The van der Waals surface area contributed by atoms with E-state index in [1.54, 1.807) is 35.2 Å². The number of ether oxygens (including phenoxy) is 1. The van der Waals surface area contributed by atoms with Crippen molar-refractivity contribution in [3.05, 3.63) is 78.0 Å². The van der Waals surface area contributed by atoms with E-state index in [2.05, 4.69) is 5.32 Å². The first-order valence-corrected chi connectivity index (χ1v) is 10.3. The first-order valence-electron chi connectivity index (χ1n) is 10.3. The third-order valence-corrected chi connectivity index (χ3v) is 5.38. The van der Waals surface area contributed by atoms with Crippen LogP contribution in [0.15, 0.2) is 65.1 Å². The fourth-order valence-electron chi connectivity index (χ4n) is 3.57. The number of benzene rings is 2. The molecule has 1 fully saturated rings. The maximum atomic E-state index is 13.0. The normalized spacial score (nSPS) is 14.2. The lowest BCUT2D eigenvalue weighted by Crippen LogP contribution is -2.41. The highest BCUT2D eigenvalue weighted by Gasteiger charge is 2.29. The number of hydrogen-bond donors (Lipinski definition) is 2. The van der Waals surface area contributed by atoms with Gasteiger partial charge in [-0.15, -0.1) is 0 Å². The van der Waals surface area contributed by atoms with Gasteiger partial charge in [0.05, 0.1) is 5.69 Å². The molecule has 2 amide bonds. The molecule has 32 heavy (non-hydrogen) atoms. The first kappa shape index (κ1) is 21.4. The molecule has 0 spiro atoms. The zero-order valence-electron chi connectivity index (χ0n) is 17.3. The number of hydrogen-bond acceptors (Lipinski definition) is 5. The van der Waals surface area contributed by atoms with Crippen molar-refractivity contribution in [2.24, 2.45) is 5.92 Å². The minimum Gasteiger partial charge on any atom is -0.506 e. The Morgan fingerprint density at radius 1 is 1.06 bits per heavy atom. The van der Waals surface area contributed by atoms with E-state index in [4.69, 9.17) is 9.15 Å². The number of likely N-dealkylation sites (tertiary alicyclic amines) is 1. The van der Waals surface area contributed by atoms with Crippen LogP contribution in [0.2, 0.25) is 0 Å². The number of phenolic OH excluding ortho intramolecular Hbond substituents is 1. The fraction of sp³-hybridized carbons (Fsp3) is 0.250. The zero-order chi connectivity index (χ0) is 22.5. The minimum atomic E-state index is -0.345. The second kappa shape index (κ2) is 9.55. The minimum absolute atomic E-state index is 0.0190. The van der Waals surface area contributed by atoms with Gasteiger partial charge in [0.25, 0.3) is 5.91 Å². The lowest BCUT2D eigenvalue weighted by molar-refractivity contribution is -0.121. The molecule has 0 atom stereocenters. The van der Waals surface area contributed by atoms with Gasteiger partial charge in [-0.2, -0.15) is 0 Å². The number of furan rings is 1. The van der Waals surface area contributed by atoms with Gasteiger partial charge in [0, 0.05) is 19.0 Å². The van der Waals surface area contributed by atoms with Crippen LogP contribution >= 0.6 is 0 Å². The number of amides is 2. The van der Waals surface area contributed by atoms with Gasteiger partial charge < -0.3 is 24.5 Å². The Kier molecular flexibility index (Phi) is 6.39. The summed E-state index contributed by atoms with van der Waals surface area (Å²) in [6.07, 6.45) is 1.04. The number of nitrogens with one attached hydrogen (secondary N) is 1. The summed E-state index contributed by atoms with van der Waals surface area (Å²) in [6.45, 7) is 0.979. The number of halogens is 1. The summed E-state index contributed by atoms with van der Waals surface area (Å²) in [7, 11) is 0. The molecule has 0 saturated carbocycles. The van der Waals surface area contributed by atoms with Crippen LogP contribution in [0.5, 0.6) is 11.5 Å². The summed E-state index contributed by atoms with van der Waals surface area (Å²) >= 11 is 0. The molecule has 0 aliphatic carbocycles. The summed E-state index contributed by atoms with van der Waals surface area (Å²) in [6, 6.07) is 15.5. The molecule has 1 saturated heterocycles. The number of phenols is 1. The van der Waals surface area contributed by atoms with Gasteiger partial charge >= 0.3 is 0 Å². The molecule has 0 unspecified atom stereocenters. The van der Waals surface area contributed by atoms with Gasteiger partial charge in [-0.3, -0.25) is 9.59 Å². The molecule has 3 aromatic rings. The van der Waals surface area contributed by atoms with Crippen LogP contribution in [0.1, 0.15) is 29.2 Å². The second-order valence-corrected chi connectivity index (χ2v) is 7.58. The predicted molar refractivity (Wildman–Crippen MR) is 115 cm³/mol. The Bertz CT molecular complexity index is 1090. The number of para-hydroxylation sites is 2. The van der Waals surface area contributed by atoms with Crippen molar-refractivity contribution >= 4 is 17.5 Å². The SMILES string of the molecule is O=C(Nc1ccccc1O)C1CCN(C(=O)c2ccc(COc3ccc(F)cc3)o2)CC1. The molecule has 1 aromatic heterocycles. The Balaban J connectivity index is 1.27. The number of nitrogens with zero attached hydrogens (tertiary/aromatic N) is 1. The highest BCUT2D eigenvalue weighted by Crippen LogP contribution is 2.25. The summed E-state index contributed by atoms with van der Waals surface area (Å²) in [4.78, 5) is 26.9. The molecule has 2 heterocycles. The highest BCUT2D eigenvalue weighted by molar-refractivity contribution is 5.94. The summed E-state index contributed by atoms with van der Waals surface area (Å²) in [5, 5.41) is 12.6. The molecule has 0 radical (unpaired) electrons. The van der Waals surface area contributed by atoms with E-state index >= 15 is 0 Å². The lowest BCUT2D eigenvalue weighted by Gasteiger charge is -2.30. The van der Waals surface area contributed by atoms with E-state index in [1.165, 1.54) is 30.3 Å². The van der Waals surface area contributed by atoms with E-state index in [9.17, 15) is 19.1 Å². The maximum Gasteiger partial charge on any atom is 0.289 e. The van der Waals surface area contributed by atoms with E-state index in [-0.39, 0.29) is 41.7 Å². The topological polar surface area (TPSA) is 92.0 Å². The second-order valence-electron chi connectivity index (χ2n) is 7.58. The number of anilines is 1. The summed E-state index contributed by atoms with van der Waals surface area (Å²) < 4.78 is 24.1. The standard InChI is InChI=1S/C24H23FN2O5/c25-17-5-7-18(8-6-17)31-15-19-9-10-22(32-19)24(30)27-13-11-16(12-14-27)23(29)26-20-3-1-2-4-21(20)28/h1-10,16,28H,11-15H2,(H,26,29). The third kappa shape index (κ3) is 5.08. The number of carbonyl (C=O) groups is 2. The van der Waals surface area contributed by atoms with Crippen LogP contribution in [-0.4, -0.2) is 34.9 Å². The van der Waals surface area contributed by atoms with Gasteiger partial charge in [-0.05, 0) is 61.4 Å². The van der Waals surface area contributed by atoms with Crippen molar-refractivity contribution < 1.29 is 28.2 Å². The Morgan fingerprint density at radius 3 is 2.50 bits per heavy atom. The van der Waals surface area contributed by atoms with Crippen molar-refractivity contribution in [2.75, 3.05) is 18.4 Å². The molecule has 7 nitrogen and oxygen atoms in total. The van der Waals surface area contributed by atoms with Gasteiger partial charge in [0.1, 0.15) is 29.7 Å². The third-order valence-electron chi connectivity index (χ3n) is 5.38. The average Bonchev–Trinajstić information content (AvgIpc) is 3.29. The largest absolute Gasteiger partial charge is 0.506 e. The number of carbonyl (C=O) groups excluding carboxylic acids is 2. The van der Waals surface area contributed by atoms with Crippen LogP contribution in [-0.2, 0) is 11.4 Å². The molecular weight excluding hydrogens is 415 g/mol. The summed E-state index contributed by atoms with van der Waals surface area (Å²) in [5.41, 5.74) is 0.377. The van der Waals surface area contributed by atoms with E-state index in [0.717, 1.165) is 0 Å². The van der Waals surface area contributed by atoms with Crippen LogP contribution < -0.4 is 10.1 Å². The van der Waals surface area contributed by atoms with Crippen LogP contribution in [0.3, 0.4) is 0 Å². The summed E-state index contributed by atoms with van der Waals surface area (Å²) in [5.74, 6) is 0.215. The van der Waals surface area contributed by atoms with Crippen molar-refractivity contribution in [3.8, 4) is 11.5 Å². The molecular formula is C24H23FN2O5. The zero-order valence-corrected chi connectivity index (χ0v) is 17.3. The molecule has 2 N–H and O–H groups in total. The number of piperidine rings is 1. The lowest BCUT2D eigenvalue weighted by atomic mass is 9.95. The van der Waals surface area contributed by atoms with Crippen LogP contribution in [0.25, 0.3) is 0 Å². The van der Waals surface area contributed by atoms with E-state index in [0.29, 0.717) is 43.1 Å². The molecule has 166 valence electrons. The van der Waals surface area contributed by atoms with E-state index < -0.39 is 0 Å².